The fraction of sp³-hybridized carbons (Fsp3) is 0.400. The number of hydrogen-bond donors (Lipinski definition) is 2. The van der Waals surface area contributed by atoms with Gasteiger partial charge in [0.05, 0.1) is 6.54 Å². The first-order chi connectivity index (χ1) is 12.7. The molecule has 6 heteroatoms. The lowest BCUT2D eigenvalue weighted by Gasteiger charge is -2.18. The first-order valence-electron chi connectivity index (χ1n) is 9.03. The molecule has 138 valence electrons. The van der Waals surface area contributed by atoms with Gasteiger partial charge >= 0.3 is 0 Å². The molecule has 0 saturated carbocycles. The van der Waals surface area contributed by atoms with Crippen LogP contribution in [-0.4, -0.2) is 43.4 Å². The summed E-state index contributed by atoms with van der Waals surface area (Å²) in [6, 6.07) is 14.5. The van der Waals surface area contributed by atoms with Crippen molar-refractivity contribution in [3.05, 3.63) is 58.3 Å². The predicted molar refractivity (Wildman–Crippen MR) is 107 cm³/mol. The summed E-state index contributed by atoms with van der Waals surface area (Å²) in [7, 11) is 1.77. The Morgan fingerprint density at radius 3 is 2.81 bits per heavy atom. The highest BCUT2D eigenvalue weighted by Crippen LogP contribution is 2.17. The van der Waals surface area contributed by atoms with Crippen molar-refractivity contribution in [2.45, 2.75) is 19.4 Å². The van der Waals surface area contributed by atoms with Crippen LogP contribution < -0.4 is 10.6 Å². The maximum Gasteiger partial charge on any atom is 0.223 e. The number of nitrogens with one attached hydrogen (secondary N) is 2. The zero-order chi connectivity index (χ0) is 18.2. The van der Waals surface area contributed by atoms with Crippen molar-refractivity contribution in [2.75, 3.05) is 26.7 Å². The zero-order valence-corrected chi connectivity index (χ0v) is 16.0. The van der Waals surface area contributed by atoms with Crippen LogP contribution in [0.3, 0.4) is 0 Å². The van der Waals surface area contributed by atoms with Crippen molar-refractivity contribution in [1.29, 1.82) is 0 Å². The van der Waals surface area contributed by atoms with Gasteiger partial charge in [-0.15, -0.1) is 11.3 Å². The second kappa shape index (κ2) is 9.38. The number of carbonyl (C=O) groups excluding carboxylic acids is 1. The Morgan fingerprint density at radius 2 is 2.08 bits per heavy atom. The molecule has 26 heavy (non-hydrogen) atoms. The van der Waals surface area contributed by atoms with Gasteiger partial charge in [-0.2, -0.15) is 0 Å². The number of likely N-dealkylation sites (tertiary alicyclic amines) is 1. The monoisotopic (exact) mass is 370 g/mol. The van der Waals surface area contributed by atoms with Crippen LogP contribution in [0.4, 0.5) is 0 Å². The first kappa shape index (κ1) is 18.5. The molecule has 1 aliphatic heterocycles. The van der Waals surface area contributed by atoms with E-state index in [1.54, 1.807) is 18.4 Å². The molecule has 0 aliphatic carbocycles. The largest absolute Gasteiger partial charge is 0.356 e. The Kier molecular flexibility index (Phi) is 6.66. The number of nitrogens with zero attached hydrogens (tertiary/aromatic N) is 2. The van der Waals surface area contributed by atoms with Gasteiger partial charge in [-0.3, -0.25) is 9.79 Å². The molecule has 3 rings (SSSR count). The van der Waals surface area contributed by atoms with Crippen LogP contribution in [-0.2, 0) is 17.8 Å². The van der Waals surface area contributed by atoms with Crippen LogP contribution in [0.25, 0.3) is 0 Å². The summed E-state index contributed by atoms with van der Waals surface area (Å²) < 4.78 is 0. The smallest absolute Gasteiger partial charge is 0.223 e. The Hall–Kier alpha value is -2.34. The summed E-state index contributed by atoms with van der Waals surface area (Å²) >= 11 is 1.73. The van der Waals surface area contributed by atoms with Gasteiger partial charge in [0.1, 0.15) is 0 Å². The summed E-state index contributed by atoms with van der Waals surface area (Å²) in [4.78, 5) is 19.8. The van der Waals surface area contributed by atoms with E-state index in [1.807, 2.05) is 29.2 Å². The number of benzene rings is 1. The van der Waals surface area contributed by atoms with E-state index in [4.69, 9.17) is 0 Å². The lowest BCUT2D eigenvalue weighted by molar-refractivity contribution is -0.127. The molecule has 0 bridgehead atoms. The van der Waals surface area contributed by atoms with Crippen LogP contribution in [0.15, 0.2) is 52.8 Å². The number of rotatable bonds is 7. The molecule has 1 aliphatic rings. The molecular formula is C20H26N4OS. The number of guanidine groups is 1. The van der Waals surface area contributed by atoms with Gasteiger partial charge < -0.3 is 15.5 Å². The molecule has 2 aromatic rings. The molecule has 1 fully saturated rings. The third-order valence-electron chi connectivity index (χ3n) is 4.60. The number of hydrogen-bond acceptors (Lipinski definition) is 3. The fourth-order valence-corrected chi connectivity index (χ4v) is 3.81. The number of amides is 1. The summed E-state index contributed by atoms with van der Waals surface area (Å²) in [5, 5.41) is 8.74. The van der Waals surface area contributed by atoms with Gasteiger partial charge in [0.15, 0.2) is 5.96 Å². The molecule has 1 saturated heterocycles. The van der Waals surface area contributed by atoms with Crippen molar-refractivity contribution >= 4 is 23.2 Å². The molecule has 0 spiro atoms. The van der Waals surface area contributed by atoms with Gasteiger partial charge in [0.2, 0.25) is 5.91 Å². The van der Waals surface area contributed by atoms with Gasteiger partial charge in [0, 0.05) is 43.9 Å². The van der Waals surface area contributed by atoms with Crippen LogP contribution >= 0.6 is 11.3 Å². The molecular weight excluding hydrogens is 344 g/mol. The molecule has 1 unspecified atom stereocenters. The van der Waals surface area contributed by atoms with Gasteiger partial charge in [-0.05, 0) is 23.4 Å². The molecule has 0 radical (unpaired) electrons. The molecule has 1 amide bonds. The minimum atomic E-state index is 0.259. The molecule has 2 N–H and O–H groups in total. The van der Waals surface area contributed by atoms with Crippen molar-refractivity contribution in [3.8, 4) is 0 Å². The molecule has 5 nitrogen and oxygen atoms in total. The average Bonchev–Trinajstić information content (AvgIpc) is 3.31. The third kappa shape index (κ3) is 5.33. The minimum absolute atomic E-state index is 0.259. The highest BCUT2D eigenvalue weighted by Gasteiger charge is 2.29. The van der Waals surface area contributed by atoms with Gasteiger partial charge in [-0.1, -0.05) is 36.4 Å². The minimum Gasteiger partial charge on any atom is -0.356 e. The van der Waals surface area contributed by atoms with E-state index in [-0.39, 0.29) is 5.91 Å². The maximum atomic E-state index is 12.3. The Balaban J connectivity index is 1.40. The molecule has 1 atom stereocenters. The average molecular weight is 371 g/mol. The highest BCUT2D eigenvalue weighted by atomic mass is 32.1. The van der Waals surface area contributed by atoms with Gasteiger partial charge in [-0.25, -0.2) is 0 Å². The summed E-state index contributed by atoms with van der Waals surface area (Å²) in [6.07, 6.45) is 1.53. The van der Waals surface area contributed by atoms with Crippen LogP contribution in [0.1, 0.15) is 16.9 Å². The van der Waals surface area contributed by atoms with Crippen molar-refractivity contribution in [2.24, 2.45) is 10.9 Å². The predicted octanol–water partition coefficient (Wildman–Crippen LogP) is 2.50. The van der Waals surface area contributed by atoms with E-state index < -0.39 is 0 Å². The quantitative estimate of drug-likeness (QED) is 0.582. The summed E-state index contributed by atoms with van der Waals surface area (Å²) in [5.41, 5.74) is 1.28. The zero-order valence-electron chi connectivity index (χ0n) is 15.1. The van der Waals surface area contributed by atoms with E-state index >= 15 is 0 Å². The Morgan fingerprint density at radius 1 is 1.23 bits per heavy atom. The first-order valence-corrected chi connectivity index (χ1v) is 9.91. The van der Waals surface area contributed by atoms with E-state index in [9.17, 15) is 4.79 Å². The van der Waals surface area contributed by atoms with Crippen molar-refractivity contribution in [3.63, 3.8) is 0 Å². The molecule has 1 aromatic heterocycles. The van der Waals surface area contributed by atoms with E-state index in [0.717, 1.165) is 38.6 Å². The second-order valence-electron chi connectivity index (χ2n) is 6.53. The van der Waals surface area contributed by atoms with Crippen LogP contribution in [0, 0.1) is 5.92 Å². The molecule has 1 aromatic carbocycles. The third-order valence-corrected chi connectivity index (χ3v) is 5.48. The summed E-state index contributed by atoms with van der Waals surface area (Å²) in [5.74, 6) is 1.38. The fourth-order valence-electron chi connectivity index (χ4n) is 3.16. The van der Waals surface area contributed by atoms with Crippen LogP contribution in [0.5, 0.6) is 0 Å². The van der Waals surface area contributed by atoms with E-state index in [0.29, 0.717) is 12.3 Å². The topological polar surface area (TPSA) is 56.7 Å². The second-order valence-corrected chi connectivity index (χ2v) is 7.56. The van der Waals surface area contributed by atoms with E-state index in [1.165, 1.54) is 10.4 Å². The number of thiophene rings is 1. The number of aliphatic imine (C=N–C) groups is 1. The maximum absolute atomic E-state index is 12.3. The SMILES string of the molecule is CN=C(NCc1cccs1)NCC1CC(=O)N(CCc2ccccc2)C1. The summed E-state index contributed by atoms with van der Waals surface area (Å²) in [6.45, 7) is 3.15. The van der Waals surface area contributed by atoms with Gasteiger partial charge in [0.25, 0.3) is 0 Å². The van der Waals surface area contributed by atoms with E-state index in [2.05, 4.69) is 39.2 Å². The van der Waals surface area contributed by atoms with Crippen molar-refractivity contribution in [1.82, 2.24) is 15.5 Å². The standard InChI is InChI=1S/C20H26N4OS/c1-21-20(23-14-18-8-5-11-26-18)22-13-17-12-19(25)24(15-17)10-9-16-6-3-2-4-7-16/h2-8,11,17H,9-10,12-15H2,1H3,(H2,21,22,23). The highest BCUT2D eigenvalue weighted by molar-refractivity contribution is 7.09. The van der Waals surface area contributed by atoms with Crippen molar-refractivity contribution < 1.29 is 4.79 Å². The lowest BCUT2D eigenvalue weighted by atomic mass is 10.1. The van der Waals surface area contributed by atoms with Crippen LogP contribution in [0.2, 0.25) is 0 Å². The Labute approximate surface area is 159 Å². The lowest BCUT2D eigenvalue weighted by Crippen LogP contribution is -2.39. The normalized spacial score (nSPS) is 17.6. The Bertz CT molecular complexity index is 715. The number of carbonyl (C=O) groups is 1. The molecule has 2 heterocycles.